The van der Waals surface area contributed by atoms with Crippen LogP contribution in [0.1, 0.15) is 73.8 Å². The maximum Gasteiger partial charge on any atom is 0.336 e. The van der Waals surface area contributed by atoms with Crippen molar-refractivity contribution in [3.63, 3.8) is 0 Å². The van der Waals surface area contributed by atoms with Gasteiger partial charge in [0.15, 0.2) is 8.32 Å². The van der Waals surface area contributed by atoms with Crippen LogP contribution in [0.2, 0.25) is 18.1 Å². The quantitative estimate of drug-likeness (QED) is 0.0511. The molecule has 2 rings (SSSR count). The Hall–Kier alpha value is -2.55. The highest BCUT2D eigenvalue weighted by atomic mass is 28.4. The van der Waals surface area contributed by atoms with Gasteiger partial charge in [0, 0.05) is 36.3 Å². The van der Waals surface area contributed by atoms with Crippen LogP contribution in [0.3, 0.4) is 0 Å². The van der Waals surface area contributed by atoms with Crippen LogP contribution in [0.5, 0.6) is 0 Å². The number of ether oxygens (including phenoxy) is 2. The SMILES string of the molecule is C=C/C=C\C(C)[C@H](O)[C@@H](C)[C@H](CC(C)(C)[Si](C)(C)O)[C@@H](C)C/C(C)=C\[C@H](C)[C@@H](OCOC)C(C)/C=C\c1ccc2ccc(=O)oc2c1. The van der Waals surface area contributed by atoms with Crippen molar-refractivity contribution in [3.8, 4) is 0 Å². The topological polar surface area (TPSA) is 89.1 Å². The molecule has 0 saturated heterocycles. The van der Waals surface area contributed by atoms with E-state index in [4.69, 9.17) is 13.9 Å². The zero-order valence-corrected chi connectivity index (χ0v) is 31.8. The molecule has 0 radical (unpaired) electrons. The van der Waals surface area contributed by atoms with Crippen molar-refractivity contribution in [2.45, 2.75) is 98.6 Å². The lowest BCUT2D eigenvalue weighted by Gasteiger charge is -2.43. The molecule has 2 aromatic rings. The highest BCUT2D eigenvalue weighted by molar-refractivity contribution is 6.72. The van der Waals surface area contributed by atoms with E-state index in [1.807, 2.05) is 49.5 Å². The summed E-state index contributed by atoms with van der Waals surface area (Å²) in [6.07, 6.45) is 13.3. The van der Waals surface area contributed by atoms with Gasteiger partial charge in [-0.2, -0.15) is 0 Å². The zero-order chi connectivity index (χ0) is 35.5. The van der Waals surface area contributed by atoms with Crippen molar-refractivity contribution < 1.29 is 23.8 Å². The highest BCUT2D eigenvalue weighted by Gasteiger charge is 2.43. The lowest BCUT2D eigenvalue weighted by atomic mass is 9.71. The first kappa shape index (κ1) is 40.6. The number of rotatable bonds is 19. The molecular formula is C40H62O6Si. The number of aliphatic hydroxyl groups excluding tert-OH is 1. The Labute approximate surface area is 285 Å². The molecule has 0 aliphatic heterocycles. The van der Waals surface area contributed by atoms with Gasteiger partial charge in [-0.25, -0.2) is 4.79 Å². The Kier molecular flexibility index (Phi) is 15.8. The summed E-state index contributed by atoms with van der Waals surface area (Å²) in [6, 6.07) is 9.05. The normalized spacial score (nSPS) is 18.6. The summed E-state index contributed by atoms with van der Waals surface area (Å²) < 4.78 is 16.9. The first-order chi connectivity index (χ1) is 21.9. The molecule has 0 fully saturated rings. The van der Waals surface area contributed by atoms with Gasteiger partial charge in [0.25, 0.3) is 0 Å². The molecule has 47 heavy (non-hydrogen) atoms. The molecule has 2 unspecified atom stereocenters. The molecule has 8 atom stereocenters. The van der Waals surface area contributed by atoms with E-state index in [9.17, 15) is 14.7 Å². The number of hydrogen-bond donors (Lipinski definition) is 2. The Balaban J connectivity index is 2.29. The van der Waals surface area contributed by atoms with E-state index in [0.717, 1.165) is 23.8 Å². The van der Waals surface area contributed by atoms with Crippen molar-refractivity contribution in [1.82, 2.24) is 0 Å². The van der Waals surface area contributed by atoms with E-state index in [-0.39, 0.29) is 59.1 Å². The van der Waals surface area contributed by atoms with E-state index in [2.05, 4.69) is 74.1 Å². The number of aliphatic hydroxyl groups is 1. The van der Waals surface area contributed by atoms with Crippen LogP contribution in [0, 0.1) is 35.5 Å². The second-order valence-electron chi connectivity index (χ2n) is 15.0. The Morgan fingerprint density at radius 3 is 2.32 bits per heavy atom. The predicted molar refractivity (Wildman–Crippen MR) is 200 cm³/mol. The Bertz CT molecular complexity index is 1410. The maximum atomic E-state index is 11.7. The molecule has 0 spiro atoms. The number of methoxy groups -OCH3 is 1. The van der Waals surface area contributed by atoms with E-state index < -0.39 is 14.4 Å². The van der Waals surface area contributed by atoms with Crippen molar-refractivity contribution in [1.29, 1.82) is 0 Å². The first-order valence-electron chi connectivity index (χ1n) is 17.1. The molecule has 2 N–H and O–H groups in total. The fraction of sp³-hybridized carbons (Fsp3) is 0.575. The molecule has 262 valence electrons. The molecule has 0 amide bonds. The second kappa shape index (κ2) is 18.3. The van der Waals surface area contributed by atoms with E-state index in [0.29, 0.717) is 5.58 Å². The fourth-order valence-corrected chi connectivity index (χ4v) is 7.33. The molecule has 0 aliphatic carbocycles. The predicted octanol–water partition coefficient (Wildman–Crippen LogP) is 9.40. The van der Waals surface area contributed by atoms with Crippen LogP contribution in [0.15, 0.2) is 82.1 Å². The Morgan fingerprint density at radius 1 is 1.04 bits per heavy atom. The van der Waals surface area contributed by atoms with E-state index in [1.165, 1.54) is 11.6 Å². The summed E-state index contributed by atoms with van der Waals surface area (Å²) in [5, 5.41) is 12.1. The fourth-order valence-electron chi connectivity index (χ4n) is 6.60. The van der Waals surface area contributed by atoms with Crippen LogP contribution in [0.25, 0.3) is 17.0 Å². The number of hydrogen-bond acceptors (Lipinski definition) is 6. The Morgan fingerprint density at radius 2 is 1.70 bits per heavy atom. The average Bonchev–Trinajstić information content (AvgIpc) is 2.99. The number of allylic oxidation sites excluding steroid dienone is 3. The minimum atomic E-state index is -2.46. The third kappa shape index (κ3) is 12.1. The summed E-state index contributed by atoms with van der Waals surface area (Å²) in [5.74, 6) is 0.728. The zero-order valence-electron chi connectivity index (χ0n) is 30.8. The van der Waals surface area contributed by atoms with Crippen LogP contribution >= 0.6 is 0 Å². The van der Waals surface area contributed by atoms with Crippen molar-refractivity contribution in [2.75, 3.05) is 13.9 Å². The van der Waals surface area contributed by atoms with Gasteiger partial charge in [0.05, 0.1) is 12.2 Å². The van der Waals surface area contributed by atoms with Gasteiger partial charge in [-0.05, 0) is 73.3 Å². The van der Waals surface area contributed by atoms with Gasteiger partial charge in [-0.1, -0.05) is 109 Å². The van der Waals surface area contributed by atoms with E-state index in [1.54, 1.807) is 19.3 Å². The standard InChI is InChI=1S/C40H62O6Si/c1-13-14-15-28(3)38(42)32(7)35(25-40(8,9)47(11,12)43)30(5)22-27(2)23-31(6)39(45-26-44-10)29(4)16-17-33-18-19-34-20-21-37(41)46-36(34)24-33/h13-21,23-24,28-32,35,38-39,42-43H,1,22,25-26H2,2-12H3/b15-14-,17-16-,27-23-/t28?,29?,30-,31-,32-,35+,38-,39-/m0/s1. The lowest BCUT2D eigenvalue weighted by Crippen LogP contribution is -2.43. The monoisotopic (exact) mass is 666 g/mol. The molecule has 0 bridgehead atoms. The van der Waals surface area contributed by atoms with Gasteiger partial charge in [-0.15, -0.1) is 0 Å². The van der Waals surface area contributed by atoms with Crippen LogP contribution in [-0.4, -0.2) is 44.3 Å². The summed E-state index contributed by atoms with van der Waals surface area (Å²) in [5.41, 5.74) is 2.43. The summed E-state index contributed by atoms with van der Waals surface area (Å²) in [6.45, 7) is 25.4. The van der Waals surface area contributed by atoms with Gasteiger partial charge >= 0.3 is 5.63 Å². The van der Waals surface area contributed by atoms with Gasteiger partial charge in [-0.3, -0.25) is 0 Å². The molecule has 0 saturated carbocycles. The minimum absolute atomic E-state index is 0.00162. The molecule has 0 aliphatic rings. The van der Waals surface area contributed by atoms with Crippen LogP contribution in [0.4, 0.5) is 0 Å². The molecule has 1 aromatic carbocycles. The minimum Gasteiger partial charge on any atom is -0.432 e. The summed E-state index contributed by atoms with van der Waals surface area (Å²) in [7, 11) is -0.821. The summed E-state index contributed by atoms with van der Waals surface area (Å²) >= 11 is 0. The largest absolute Gasteiger partial charge is 0.432 e. The summed E-state index contributed by atoms with van der Waals surface area (Å²) in [4.78, 5) is 22.9. The first-order valence-corrected chi connectivity index (χ1v) is 20.1. The van der Waals surface area contributed by atoms with Crippen molar-refractivity contribution >= 4 is 25.4 Å². The second-order valence-corrected chi connectivity index (χ2v) is 19.5. The number of benzene rings is 1. The van der Waals surface area contributed by atoms with Crippen molar-refractivity contribution in [3.05, 3.63) is 88.8 Å². The van der Waals surface area contributed by atoms with Crippen LogP contribution in [-0.2, 0) is 9.47 Å². The molecule has 6 nitrogen and oxygen atoms in total. The number of fused-ring (bicyclic) bond motifs is 1. The maximum absolute atomic E-state index is 11.7. The third-order valence-electron chi connectivity index (χ3n) is 10.3. The highest BCUT2D eigenvalue weighted by Crippen LogP contribution is 2.47. The molecule has 1 heterocycles. The average molecular weight is 667 g/mol. The van der Waals surface area contributed by atoms with Gasteiger partial charge < -0.3 is 23.8 Å². The van der Waals surface area contributed by atoms with Crippen LogP contribution < -0.4 is 5.63 Å². The molecule has 1 aromatic heterocycles. The molecular weight excluding hydrogens is 605 g/mol. The lowest BCUT2D eigenvalue weighted by molar-refractivity contribution is -0.0947. The van der Waals surface area contributed by atoms with Gasteiger partial charge in [0.1, 0.15) is 12.4 Å². The smallest absolute Gasteiger partial charge is 0.336 e. The third-order valence-corrected chi connectivity index (χ3v) is 13.8. The van der Waals surface area contributed by atoms with Crippen molar-refractivity contribution in [2.24, 2.45) is 35.5 Å². The van der Waals surface area contributed by atoms with E-state index >= 15 is 0 Å². The van der Waals surface area contributed by atoms with Gasteiger partial charge in [0.2, 0.25) is 0 Å². The molecule has 7 heteroatoms.